The molecule has 1 heterocycles. The van der Waals surface area contributed by atoms with Crippen molar-refractivity contribution in [1.82, 2.24) is 10.3 Å². The van der Waals surface area contributed by atoms with Gasteiger partial charge in [0, 0.05) is 20.3 Å². The van der Waals surface area contributed by atoms with E-state index >= 15 is 0 Å². The van der Waals surface area contributed by atoms with E-state index in [9.17, 15) is 4.79 Å². The third kappa shape index (κ3) is 4.95. The molecule has 0 spiro atoms. The summed E-state index contributed by atoms with van der Waals surface area (Å²) in [6, 6.07) is -0.244. The summed E-state index contributed by atoms with van der Waals surface area (Å²) in [5.41, 5.74) is 5.76. The van der Waals surface area contributed by atoms with Gasteiger partial charge in [-0.3, -0.25) is 4.79 Å². The number of aliphatic hydroxyl groups excluding tert-OH is 1. The second-order valence-electron chi connectivity index (χ2n) is 4.30. The Morgan fingerprint density at radius 1 is 1.60 bits per heavy atom. The number of hydrogen-bond donors (Lipinski definition) is 4. The van der Waals surface area contributed by atoms with Gasteiger partial charge >= 0.3 is 0 Å². The van der Waals surface area contributed by atoms with Crippen molar-refractivity contribution in [2.45, 2.75) is 25.8 Å². The summed E-state index contributed by atoms with van der Waals surface area (Å²) >= 11 is 1.22. The topological polar surface area (TPSA) is 110 Å². The van der Waals surface area contributed by atoms with Gasteiger partial charge in [0.15, 0.2) is 5.13 Å². The first-order valence-corrected chi connectivity index (χ1v) is 7.34. The third-order valence-electron chi connectivity index (χ3n) is 2.57. The van der Waals surface area contributed by atoms with Crippen molar-refractivity contribution in [2.75, 3.05) is 37.9 Å². The van der Waals surface area contributed by atoms with Crippen molar-refractivity contribution < 1.29 is 14.6 Å². The highest BCUT2D eigenvalue weighted by molar-refractivity contribution is 7.18. The van der Waals surface area contributed by atoms with Crippen LogP contribution in [0.5, 0.6) is 0 Å². The number of aromatic nitrogens is 1. The van der Waals surface area contributed by atoms with Gasteiger partial charge in [0.2, 0.25) is 0 Å². The maximum atomic E-state index is 12.1. The largest absolute Gasteiger partial charge is 0.396 e. The highest BCUT2D eigenvalue weighted by Crippen LogP contribution is 2.24. The zero-order valence-electron chi connectivity index (χ0n) is 11.8. The van der Waals surface area contributed by atoms with Crippen LogP contribution in [0, 0.1) is 0 Å². The van der Waals surface area contributed by atoms with E-state index in [1.807, 2.05) is 6.92 Å². The first-order chi connectivity index (χ1) is 9.62. The van der Waals surface area contributed by atoms with E-state index in [1.165, 1.54) is 11.3 Å². The normalized spacial score (nSPS) is 12.2. The van der Waals surface area contributed by atoms with Gasteiger partial charge < -0.3 is 26.2 Å². The summed E-state index contributed by atoms with van der Waals surface area (Å²) in [4.78, 5) is 16.6. The number of nitrogens with zero attached hydrogens (tertiary/aromatic N) is 1. The molecule has 1 amide bonds. The van der Waals surface area contributed by atoms with Gasteiger partial charge in [0.25, 0.3) is 5.91 Å². The number of thiazole rings is 1. The lowest BCUT2D eigenvalue weighted by atomic mass is 10.2. The highest BCUT2D eigenvalue weighted by atomic mass is 32.1. The Labute approximate surface area is 122 Å². The molecule has 5 N–H and O–H groups in total. The average Bonchev–Trinajstić information content (AvgIpc) is 2.78. The Balaban J connectivity index is 2.67. The molecule has 1 aromatic rings. The predicted octanol–water partition coefficient (Wildman–Crippen LogP) is 0.674. The number of anilines is 2. The van der Waals surface area contributed by atoms with Crippen molar-refractivity contribution >= 4 is 28.2 Å². The van der Waals surface area contributed by atoms with E-state index in [2.05, 4.69) is 15.6 Å². The molecule has 0 aliphatic heterocycles. The number of rotatable bonds is 9. The fourth-order valence-electron chi connectivity index (χ4n) is 1.61. The van der Waals surface area contributed by atoms with Gasteiger partial charge in [-0.2, -0.15) is 0 Å². The number of carbonyl (C=O) groups is 1. The number of carbonyl (C=O) groups excluding carboxylic acids is 1. The Hall–Kier alpha value is -1.38. The zero-order chi connectivity index (χ0) is 15.0. The number of ether oxygens (including phenoxy) is 1. The quantitative estimate of drug-likeness (QED) is 0.534. The molecule has 7 nitrogen and oxygen atoms in total. The summed E-state index contributed by atoms with van der Waals surface area (Å²) in [7, 11) is 1.55. The molecule has 1 aromatic heterocycles. The average molecular weight is 302 g/mol. The van der Waals surface area contributed by atoms with Crippen LogP contribution < -0.4 is 16.4 Å². The molecule has 114 valence electrons. The van der Waals surface area contributed by atoms with E-state index < -0.39 is 0 Å². The maximum absolute atomic E-state index is 12.1. The second-order valence-corrected chi connectivity index (χ2v) is 5.30. The fourth-order valence-corrected chi connectivity index (χ4v) is 2.42. The molecule has 0 bridgehead atoms. The standard InChI is InChI=1S/C12H22N4O3S/c1-3-5-14-12-16-10(13)9(20-12)11(18)15-8(4-6-17)7-19-2/h8,17H,3-7,13H2,1-2H3,(H,14,16)(H,15,18). The first-order valence-electron chi connectivity index (χ1n) is 6.53. The van der Waals surface area contributed by atoms with Crippen LogP contribution in [0.3, 0.4) is 0 Å². The molecule has 0 aliphatic rings. The monoisotopic (exact) mass is 302 g/mol. The van der Waals surface area contributed by atoms with Crippen LogP contribution in [-0.4, -0.2) is 48.9 Å². The Morgan fingerprint density at radius 3 is 2.95 bits per heavy atom. The van der Waals surface area contributed by atoms with Crippen LogP contribution in [0.4, 0.5) is 10.9 Å². The molecule has 0 saturated carbocycles. The number of amides is 1. The van der Waals surface area contributed by atoms with E-state index in [0.717, 1.165) is 13.0 Å². The minimum Gasteiger partial charge on any atom is -0.396 e. The molecule has 20 heavy (non-hydrogen) atoms. The van der Waals surface area contributed by atoms with E-state index in [1.54, 1.807) is 7.11 Å². The van der Waals surface area contributed by atoms with Crippen molar-refractivity contribution in [3.63, 3.8) is 0 Å². The number of hydrogen-bond acceptors (Lipinski definition) is 7. The van der Waals surface area contributed by atoms with Crippen LogP contribution in [-0.2, 0) is 4.74 Å². The first kappa shape index (κ1) is 16.7. The van der Waals surface area contributed by atoms with Gasteiger partial charge in [-0.05, 0) is 12.8 Å². The fraction of sp³-hybridized carbons (Fsp3) is 0.667. The number of nitrogens with two attached hydrogens (primary N) is 1. The summed E-state index contributed by atoms with van der Waals surface area (Å²) in [5.74, 6) is -0.0775. The highest BCUT2D eigenvalue weighted by Gasteiger charge is 2.19. The number of aliphatic hydroxyl groups is 1. The zero-order valence-corrected chi connectivity index (χ0v) is 12.6. The van der Waals surface area contributed by atoms with Crippen LogP contribution >= 0.6 is 11.3 Å². The molecule has 8 heteroatoms. The van der Waals surface area contributed by atoms with Crippen LogP contribution in [0.1, 0.15) is 29.4 Å². The Kier molecular flexibility index (Phi) is 7.27. The minimum absolute atomic E-state index is 0.0181. The molecule has 0 saturated heterocycles. The van der Waals surface area contributed by atoms with Crippen molar-refractivity contribution in [3.05, 3.63) is 4.88 Å². The van der Waals surface area contributed by atoms with E-state index in [-0.39, 0.29) is 24.4 Å². The van der Waals surface area contributed by atoms with Crippen LogP contribution in [0.2, 0.25) is 0 Å². The number of nitrogens with one attached hydrogen (secondary N) is 2. The molecule has 1 unspecified atom stereocenters. The van der Waals surface area contributed by atoms with Crippen LogP contribution in [0.15, 0.2) is 0 Å². The molecule has 0 aliphatic carbocycles. The molecule has 0 fully saturated rings. The third-order valence-corrected chi connectivity index (χ3v) is 3.59. The van der Waals surface area contributed by atoms with Gasteiger partial charge in [-0.1, -0.05) is 18.3 Å². The lowest BCUT2D eigenvalue weighted by Crippen LogP contribution is -2.38. The molecule has 1 atom stereocenters. The number of methoxy groups -OCH3 is 1. The van der Waals surface area contributed by atoms with Crippen molar-refractivity contribution in [2.24, 2.45) is 0 Å². The lowest BCUT2D eigenvalue weighted by Gasteiger charge is -2.16. The summed E-state index contributed by atoms with van der Waals surface area (Å²) < 4.78 is 5.00. The predicted molar refractivity (Wildman–Crippen MR) is 80.1 cm³/mol. The van der Waals surface area contributed by atoms with Gasteiger partial charge in [0.1, 0.15) is 10.7 Å². The lowest BCUT2D eigenvalue weighted by molar-refractivity contribution is 0.0883. The Bertz CT molecular complexity index is 419. The summed E-state index contributed by atoms with van der Waals surface area (Å²) in [6.45, 7) is 3.15. The molecule has 0 radical (unpaired) electrons. The van der Waals surface area contributed by atoms with Crippen molar-refractivity contribution in [1.29, 1.82) is 0 Å². The summed E-state index contributed by atoms with van der Waals surface area (Å²) in [6.07, 6.45) is 1.40. The number of nitrogen functional groups attached to an aromatic ring is 1. The second kappa shape index (κ2) is 8.72. The van der Waals surface area contributed by atoms with Gasteiger partial charge in [-0.25, -0.2) is 4.98 Å². The Morgan fingerprint density at radius 2 is 2.35 bits per heavy atom. The minimum atomic E-state index is -0.292. The maximum Gasteiger partial charge on any atom is 0.265 e. The summed E-state index contributed by atoms with van der Waals surface area (Å²) in [5, 5.41) is 15.5. The van der Waals surface area contributed by atoms with E-state index in [4.69, 9.17) is 15.6 Å². The van der Waals surface area contributed by atoms with Gasteiger partial charge in [0.05, 0.1) is 12.6 Å². The smallest absolute Gasteiger partial charge is 0.265 e. The SMILES string of the molecule is CCCNc1nc(N)c(C(=O)NC(CCO)COC)s1. The van der Waals surface area contributed by atoms with E-state index in [0.29, 0.717) is 23.0 Å². The molecular formula is C12H22N4O3S. The van der Waals surface area contributed by atoms with Gasteiger partial charge in [-0.15, -0.1) is 0 Å². The molecule has 1 rings (SSSR count). The van der Waals surface area contributed by atoms with Crippen LogP contribution in [0.25, 0.3) is 0 Å². The molecule has 0 aromatic carbocycles. The van der Waals surface area contributed by atoms with Crippen molar-refractivity contribution in [3.8, 4) is 0 Å². The molecular weight excluding hydrogens is 280 g/mol.